The van der Waals surface area contributed by atoms with Gasteiger partial charge in [0.05, 0.1) is 11.5 Å². The highest BCUT2D eigenvalue weighted by molar-refractivity contribution is 5.76. The second-order valence-electron chi connectivity index (χ2n) is 7.29. The average molecular weight is 252 g/mol. The smallest absolute Gasteiger partial charge is 0.309 e. The Labute approximate surface area is 109 Å². The molecule has 0 radical (unpaired) electrons. The molecule has 0 aromatic heterocycles. The number of carboxylic acid groups (broad SMARTS) is 1. The van der Waals surface area contributed by atoms with Crippen molar-refractivity contribution in [1.29, 1.82) is 0 Å². The molecular weight excluding hydrogens is 228 g/mol. The summed E-state index contributed by atoms with van der Waals surface area (Å²) in [4.78, 5) is 11.9. The molecular formula is C15H24O3. The number of aliphatic carboxylic acids is 1. The maximum atomic E-state index is 11.9. The van der Waals surface area contributed by atoms with Crippen LogP contribution >= 0.6 is 0 Å². The lowest BCUT2D eigenvalue weighted by atomic mass is 9.64. The average Bonchev–Trinajstić information content (AvgIpc) is 2.71. The third kappa shape index (κ3) is 1.17. The molecule has 0 amide bonds. The second-order valence-corrected chi connectivity index (χ2v) is 7.29. The van der Waals surface area contributed by atoms with E-state index >= 15 is 0 Å². The molecule has 1 spiro atoms. The molecule has 3 aliphatic carbocycles. The van der Waals surface area contributed by atoms with Gasteiger partial charge in [-0.3, -0.25) is 4.79 Å². The number of aliphatic hydroxyl groups excluding tert-OH is 1. The first kappa shape index (κ1) is 12.5. The molecule has 7 atom stereocenters. The van der Waals surface area contributed by atoms with Crippen LogP contribution in [0.3, 0.4) is 0 Å². The first-order valence-electron chi connectivity index (χ1n) is 7.25. The monoisotopic (exact) mass is 252 g/mol. The van der Waals surface area contributed by atoms with Crippen molar-refractivity contribution in [3.63, 3.8) is 0 Å². The fourth-order valence-corrected chi connectivity index (χ4v) is 5.77. The van der Waals surface area contributed by atoms with Crippen LogP contribution in [0.2, 0.25) is 0 Å². The molecule has 0 aromatic carbocycles. The summed E-state index contributed by atoms with van der Waals surface area (Å²) >= 11 is 0. The van der Waals surface area contributed by atoms with Gasteiger partial charge in [0.25, 0.3) is 0 Å². The predicted octanol–water partition coefficient (Wildman–Crippen LogP) is 2.53. The highest BCUT2D eigenvalue weighted by atomic mass is 16.4. The van der Waals surface area contributed by atoms with E-state index in [1.165, 1.54) is 0 Å². The molecule has 0 aromatic rings. The number of hydrogen-bond acceptors (Lipinski definition) is 2. The first-order chi connectivity index (χ1) is 8.34. The van der Waals surface area contributed by atoms with Gasteiger partial charge in [-0.15, -0.1) is 0 Å². The third-order valence-electron chi connectivity index (χ3n) is 6.95. The van der Waals surface area contributed by atoms with Gasteiger partial charge in [0.1, 0.15) is 0 Å². The minimum atomic E-state index is -0.644. The van der Waals surface area contributed by atoms with Crippen LogP contribution in [0.4, 0.5) is 0 Å². The van der Waals surface area contributed by atoms with Gasteiger partial charge in [-0.05, 0) is 61.7 Å². The second kappa shape index (κ2) is 3.50. The maximum Gasteiger partial charge on any atom is 0.309 e. The molecule has 0 aliphatic heterocycles. The molecule has 0 unspecified atom stereocenters. The Balaban J connectivity index is 2.12. The Morgan fingerprint density at radius 3 is 2.50 bits per heavy atom. The maximum absolute atomic E-state index is 11.9. The molecule has 18 heavy (non-hydrogen) atoms. The Morgan fingerprint density at radius 2 is 1.89 bits per heavy atom. The van der Waals surface area contributed by atoms with E-state index in [4.69, 9.17) is 0 Å². The van der Waals surface area contributed by atoms with Gasteiger partial charge in [0.15, 0.2) is 0 Å². The van der Waals surface area contributed by atoms with E-state index in [-0.39, 0.29) is 29.3 Å². The minimum absolute atomic E-state index is 0.101. The van der Waals surface area contributed by atoms with Crippen LogP contribution < -0.4 is 0 Å². The van der Waals surface area contributed by atoms with Gasteiger partial charge < -0.3 is 10.2 Å². The van der Waals surface area contributed by atoms with Crippen LogP contribution in [0.15, 0.2) is 0 Å². The van der Waals surface area contributed by atoms with E-state index in [1.54, 1.807) is 0 Å². The summed E-state index contributed by atoms with van der Waals surface area (Å²) < 4.78 is 0. The summed E-state index contributed by atoms with van der Waals surface area (Å²) in [5.74, 6) is 0.450. The van der Waals surface area contributed by atoms with Crippen molar-refractivity contribution in [2.45, 2.75) is 52.6 Å². The van der Waals surface area contributed by atoms with Crippen molar-refractivity contribution in [2.24, 2.45) is 34.5 Å². The van der Waals surface area contributed by atoms with E-state index in [0.29, 0.717) is 5.92 Å². The number of carboxylic acids is 1. The zero-order valence-corrected chi connectivity index (χ0v) is 11.5. The molecule has 3 fully saturated rings. The van der Waals surface area contributed by atoms with Crippen molar-refractivity contribution in [3.8, 4) is 0 Å². The molecule has 102 valence electrons. The quantitative estimate of drug-likeness (QED) is 0.754. The number of hydrogen-bond donors (Lipinski definition) is 2. The van der Waals surface area contributed by atoms with Crippen LogP contribution in [0.5, 0.6) is 0 Å². The van der Waals surface area contributed by atoms with Gasteiger partial charge >= 0.3 is 5.97 Å². The van der Waals surface area contributed by atoms with E-state index in [2.05, 4.69) is 6.92 Å². The molecule has 0 heterocycles. The summed E-state index contributed by atoms with van der Waals surface area (Å²) in [6, 6.07) is 0. The van der Waals surface area contributed by atoms with Crippen molar-refractivity contribution < 1.29 is 15.0 Å². The summed E-state index contributed by atoms with van der Waals surface area (Å²) in [6.45, 7) is 6.24. The minimum Gasteiger partial charge on any atom is -0.481 e. The fraction of sp³-hybridized carbons (Fsp3) is 0.933. The van der Waals surface area contributed by atoms with E-state index in [0.717, 1.165) is 25.7 Å². The molecule has 3 heteroatoms. The van der Waals surface area contributed by atoms with Gasteiger partial charge in [-0.1, -0.05) is 13.8 Å². The molecule has 3 nitrogen and oxygen atoms in total. The largest absolute Gasteiger partial charge is 0.481 e. The van der Waals surface area contributed by atoms with Crippen molar-refractivity contribution >= 4 is 5.97 Å². The standard InChI is InChI=1S/C15H24O3/c1-8-4-5-12-14(3,13(17)18)10-6-15(8,12)7-11(16)9(10)2/h8-12,16H,4-7H2,1-3H3,(H,17,18)/t8-,9-,10+,11-,12-,14-,15-/m0/s1. The SMILES string of the molecule is C[C@H]1[C@H]2C[C@@]3(C[C@@H]1O)[C@@H](CC[C@@H]3C)[C@@]2(C)C(=O)O. The Kier molecular flexibility index (Phi) is 2.42. The molecule has 2 bridgehead atoms. The summed E-state index contributed by atoms with van der Waals surface area (Å²) in [6.07, 6.45) is 3.67. The highest BCUT2D eigenvalue weighted by Crippen LogP contribution is 2.72. The number of rotatable bonds is 1. The topological polar surface area (TPSA) is 57.5 Å². The van der Waals surface area contributed by atoms with Crippen molar-refractivity contribution in [3.05, 3.63) is 0 Å². The number of carbonyl (C=O) groups is 1. The van der Waals surface area contributed by atoms with Crippen LogP contribution in [0.1, 0.15) is 46.5 Å². The number of fused-ring (bicyclic) bond motifs is 1. The van der Waals surface area contributed by atoms with Gasteiger partial charge in [-0.25, -0.2) is 0 Å². The zero-order chi connectivity index (χ0) is 13.3. The zero-order valence-electron chi connectivity index (χ0n) is 11.5. The fourth-order valence-electron chi connectivity index (χ4n) is 5.77. The van der Waals surface area contributed by atoms with Crippen LogP contribution in [0, 0.1) is 34.5 Å². The van der Waals surface area contributed by atoms with Crippen molar-refractivity contribution in [2.75, 3.05) is 0 Å². The van der Waals surface area contributed by atoms with Crippen LogP contribution in [0.25, 0.3) is 0 Å². The van der Waals surface area contributed by atoms with E-state index in [9.17, 15) is 15.0 Å². The lowest BCUT2D eigenvalue weighted by Crippen LogP contribution is -2.41. The number of aliphatic hydroxyl groups is 1. The predicted molar refractivity (Wildman–Crippen MR) is 68.0 cm³/mol. The molecule has 0 saturated heterocycles. The lowest BCUT2D eigenvalue weighted by molar-refractivity contribution is -0.154. The van der Waals surface area contributed by atoms with Gasteiger partial charge in [0, 0.05) is 0 Å². The Hall–Kier alpha value is -0.570. The van der Waals surface area contributed by atoms with Crippen molar-refractivity contribution in [1.82, 2.24) is 0 Å². The summed E-state index contributed by atoms with van der Waals surface area (Å²) in [5, 5.41) is 20.1. The highest BCUT2D eigenvalue weighted by Gasteiger charge is 2.70. The third-order valence-corrected chi connectivity index (χ3v) is 6.95. The molecule has 3 aliphatic rings. The van der Waals surface area contributed by atoms with Crippen LogP contribution in [-0.2, 0) is 4.79 Å². The van der Waals surface area contributed by atoms with Crippen LogP contribution in [-0.4, -0.2) is 22.3 Å². The van der Waals surface area contributed by atoms with Gasteiger partial charge in [-0.2, -0.15) is 0 Å². The summed E-state index contributed by atoms with van der Waals surface area (Å²) in [5.41, 5.74) is -0.522. The molecule has 3 rings (SSSR count). The normalized spacial score (nSPS) is 58.6. The lowest BCUT2D eigenvalue weighted by Gasteiger charge is -2.42. The Bertz CT molecular complexity index is 393. The van der Waals surface area contributed by atoms with E-state index < -0.39 is 11.4 Å². The molecule has 2 N–H and O–H groups in total. The summed E-state index contributed by atoms with van der Waals surface area (Å²) in [7, 11) is 0. The van der Waals surface area contributed by atoms with E-state index in [1.807, 2.05) is 13.8 Å². The Morgan fingerprint density at radius 1 is 1.22 bits per heavy atom. The molecule has 3 saturated carbocycles. The first-order valence-corrected chi connectivity index (χ1v) is 7.25. The van der Waals surface area contributed by atoms with Gasteiger partial charge in [0.2, 0.25) is 0 Å².